The number of esters is 1. The fraction of sp³-hybridized carbons (Fsp3) is 0.211. The molecule has 2 N–H and O–H groups in total. The molecule has 0 atom stereocenters. The first-order valence-corrected chi connectivity index (χ1v) is 8.88. The average molecular weight is 369 g/mol. The second-order valence-electron chi connectivity index (χ2n) is 5.94. The first-order valence-electron chi connectivity index (χ1n) is 8.06. The number of benzene rings is 2. The summed E-state index contributed by atoms with van der Waals surface area (Å²) in [5.74, 6) is -0.906. The molecule has 0 saturated heterocycles. The number of hydrogen-bond acceptors (Lipinski definition) is 6. The zero-order valence-corrected chi connectivity index (χ0v) is 15.4. The number of nitrogens with zero attached hydrogens (tertiary/aromatic N) is 2. The predicted molar refractivity (Wildman–Crippen MR) is 102 cm³/mol. The molecule has 3 aromatic rings. The van der Waals surface area contributed by atoms with E-state index in [2.05, 4.69) is 4.98 Å². The lowest BCUT2D eigenvalue weighted by Gasteiger charge is -2.16. The van der Waals surface area contributed by atoms with Gasteiger partial charge in [0.25, 0.3) is 5.91 Å². The maximum absolute atomic E-state index is 12.2. The lowest BCUT2D eigenvalue weighted by molar-refractivity contribution is -0.133. The Hall–Kier alpha value is -2.93. The number of aryl methyl sites for hydroxylation is 1. The van der Waals surface area contributed by atoms with E-state index in [4.69, 9.17) is 10.5 Å². The minimum atomic E-state index is -0.604. The molecule has 0 radical (unpaired) electrons. The molecule has 3 rings (SSSR count). The number of fused-ring (bicyclic) bond motifs is 1. The smallest absolute Gasteiger partial charge is 0.340 e. The van der Waals surface area contributed by atoms with Gasteiger partial charge in [0.15, 0.2) is 6.61 Å². The van der Waals surface area contributed by atoms with Gasteiger partial charge in [0.2, 0.25) is 0 Å². The maximum Gasteiger partial charge on any atom is 0.340 e. The van der Waals surface area contributed by atoms with Crippen LogP contribution in [0.25, 0.3) is 10.2 Å². The largest absolute Gasteiger partial charge is 0.452 e. The van der Waals surface area contributed by atoms with Crippen LogP contribution in [0.2, 0.25) is 0 Å². The van der Waals surface area contributed by atoms with Crippen molar-refractivity contribution in [3.63, 3.8) is 0 Å². The number of thiazole rings is 1. The topological polar surface area (TPSA) is 85.5 Å². The van der Waals surface area contributed by atoms with Gasteiger partial charge in [-0.15, -0.1) is 11.3 Å². The van der Waals surface area contributed by atoms with Crippen molar-refractivity contribution in [2.75, 3.05) is 19.4 Å². The monoisotopic (exact) mass is 369 g/mol. The van der Waals surface area contributed by atoms with Gasteiger partial charge < -0.3 is 15.4 Å². The molecule has 2 aromatic carbocycles. The first-order chi connectivity index (χ1) is 12.5. The summed E-state index contributed by atoms with van der Waals surface area (Å²) in [6.45, 7) is 1.83. The van der Waals surface area contributed by atoms with Crippen LogP contribution in [0.3, 0.4) is 0 Å². The summed E-state index contributed by atoms with van der Waals surface area (Å²) in [5.41, 5.74) is 8.23. The normalized spacial score (nSPS) is 10.7. The highest BCUT2D eigenvalue weighted by Crippen LogP contribution is 2.22. The molecular weight excluding hydrogens is 350 g/mol. The molecule has 1 amide bonds. The van der Waals surface area contributed by atoms with Crippen molar-refractivity contribution < 1.29 is 14.3 Å². The molecule has 0 aliphatic heterocycles. The van der Waals surface area contributed by atoms with Crippen LogP contribution < -0.4 is 5.73 Å². The van der Waals surface area contributed by atoms with Crippen molar-refractivity contribution in [3.05, 3.63) is 58.6 Å². The summed E-state index contributed by atoms with van der Waals surface area (Å²) in [6, 6.07) is 12.9. The molecule has 0 aliphatic carbocycles. The molecule has 6 nitrogen and oxygen atoms in total. The van der Waals surface area contributed by atoms with E-state index in [1.807, 2.05) is 37.3 Å². The number of carbonyl (C=O) groups excluding carboxylic acids is 2. The SMILES string of the molecule is Cc1cccc(C(=O)OCC(=O)N(C)Cc2nc3ccccc3s2)c1N. The lowest BCUT2D eigenvalue weighted by atomic mass is 10.1. The minimum Gasteiger partial charge on any atom is -0.452 e. The number of nitrogen functional groups attached to an aromatic ring is 1. The van der Waals surface area contributed by atoms with Gasteiger partial charge in [-0.1, -0.05) is 24.3 Å². The third-order valence-corrected chi connectivity index (χ3v) is 5.03. The van der Waals surface area contributed by atoms with Crippen LogP contribution in [-0.4, -0.2) is 35.4 Å². The number of anilines is 1. The summed E-state index contributed by atoms with van der Waals surface area (Å²) in [6.07, 6.45) is 0. The fourth-order valence-electron chi connectivity index (χ4n) is 2.45. The van der Waals surface area contributed by atoms with Crippen molar-refractivity contribution in [2.45, 2.75) is 13.5 Å². The molecule has 134 valence electrons. The lowest BCUT2D eigenvalue weighted by Crippen LogP contribution is -2.30. The Morgan fingerprint density at radius 3 is 2.73 bits per heavy atom. The Morgan fingerprint density at radius 2 is 1.96 bits per heavy atom. The molecule has 0 saturated carbocycles. The molecule has 0 aliphatic rings. The van der Waals surface area contributed by atoms with Crippen LogP contribution in [-0.2, 0) is 16.1 Å². The summed E-state index contributed by atoms with van der Waals surface area (Å²) in [7, 11) is 1.66. The second-order valence-corrected chi connectivity index (χ2v) is 7.05. The number of para-hydroxylation sites is 2. The highest BCUT2D eigenvalue weighted by molar-refractivity contribution is 7.18. The van der Waals surface area contributed by atoms with E-state index >= 15 is 0 Å². The van der Waals surface area contributed by atoms with E-state index < -0.39 is 5.97 Å². The quantitative estimate of drug-likeness (QED) is 0.552. The Bertz CT molecular complexity index is 935. The van der Waals surface area contributed by atoms with Crippen LogP contribution in [0.15, 0.2) is 42.5 Å². The number of rotatable bonds is 5. The van der Waals surface area contributed by atoms with Gasteiger partial charge >= 0.3 is 5.97 Å². The van der Waals surface area contributed by atoms with Crippen molar-refractivity contribution >= 4 is 39.1 Å². The summed E-state index contributed by atoms with van der Waals surface area (Å²) in [5, 5.41) is 0.830. The summed E-state index contributed by atoms with van der Waals surface area (Å²) < 4.78 is 6.19. The molecule has 0 bridgehead atoms. The van der Waals surface area contributed by atoms with Crippen LogP contribution in [0, 0.1) is 6.92 Å². The minimum absolute atomic E-state index is 0.270. The van der Waals surface area contributed by atoms with E-state index in [-0.39, 0.29) is 18.1 Å². The Balaban J connectivity index is 1.58. The number of ether oxygens (including phenoxy) is 1. The van der Waals surface area contributed by atoms with E-state index in [0.717, 1.165) is 20.8 Å². The molecule has 1 heterocycles. The number of aromatic nitrogens is 1. The Kier molecular flexibility index (Phi) is 5.18. The maximum atomic E-state index is 12.2. The van der Waals surface area contributed by atoms with Gasteiger partial charge in [-0.2, -0.15) is 0 Å². The van der Waals surface area contributed by atoms with Gasteiger partial charge in [-0.3, -0.25) is 4.79 Å². The van der Waals surface area contributed by atoms with Gasteiger partial charge in [0.05, 0.1) is 22.3 Å². The number of amides is 1. The molecule has 0 spiro atoms. The van der Waals surface area contributed by atoms with Crippen LogP contribution >= 0.6 is 11.3 Å². The second kappa shape index (κ2) is 7.53. The van der Waals surface area contributed by atoms with Crippen molar-refractivity contribution in [3.8, 4) is 0 Å². The van der Waals surface area contributed by atoms with Gasteiger partial charge in [0.1, 0.15) is 5.01 Å². The number of nitrogens with two attached hydrogens (primary N) is 1. The first kappa shape index (κ1) is 17.9. The van der Waals surface area contributed by atoms with E-state index in [0.29, 0.717) is 12.2 Å². The van der Waals surface area contributed by atoms with E-state index in [1.165, 1.54) is 16.2 Å². The van der Waals surface area contributed by atoms with Crippen molar-refractivity contribution in [2.24, 2.45) is 0 Å². The van der Waals surface area contributed by atoms with Crippen LogP contribution in [0.5, 0.6) is 0 Å². The van der Waals surface area contributed by atoms with E-state index in [1.54, 1.807) is 19.2 Å². The van der Waals surface area contributed by atoms with Crippen molar-refractivity contribution in [1.29, 1.82) is 0 Å². The van der Waals surface area contributed by atoms with Gasteiger partial charge in [-0.25, -0.2) is 9.78 Å². The molecule has 1 aromatic heterocycles. The molecule has 0 fully saturated rings. The standard InChI is InChI=1S/C19H19N3O3S/c1-12-6-5-7-13(18(12)20)19(24)25-11-17(23)22(2)10-16-21-14-8-3-4-9-15(14)26-16/h3-9H,10-11,20H2,1-2H3. The van der Waals surface area contributed by atoms with Gasteiger partial charge in [-0.05, 0) is 30.7 Å². The van der Waals surface area contributed by atoms with Crippen LogP contribution in [0.1, 0.15) is 20.9 Å². The molecule has 7 heteroatoms. The molecule has 26 heavy (non-hydrogen) atoms. The fourth-order valence-corrected chi connectivity index (χ4v) is 3.47. The average Bonchev–Trinajstić information content (AvgIpc) is 3.03. The summed E-state index contributed by atoms with van der Waals surface area (Å²) >= 11 is 1.54. The zero-order chi connectivity index (χ0) is 18.7. The van der Waals surface area contributed by atoms with E-state index in [9.17, 15) is 9.59 Å². The zero-order valence-electron chi connectivity index (χ0n) is 14.6. The molecule has 0 unspecified atom stereocenters. The molecular formula is C19H19N3O3S. The predicted octanol–water partition coefficient (Wildman–Crippen LogP) is 3.00. The Morgan fingerprint density at radius 1 is 1.19 bits per heavy atom. The number of carbonyl (C=O) groups is 2. The van der Waals surface area contributed by atoms with Gasteiger partial charge in [0, 0.05) is 12.7 Å². The highest BCUT2D eigenvalue weighted by atomic mass is 32.1. The third-order valence-electron chi connectivity index (χ3n) is 4.01. The van der Waals surface area contributed by atoms with Crippen LogP contribution in [0.4, 0.5) is 5.69 Å². The number of hydrogen-bond donors (Lipinski definition) is 1. The highest BCUT2D eigenvalue weighted by Gasteiger charge is 2.17. The Labute approximate surface area is 155 Å². The third kappa shape index (κ3) is 3.83. The van der Waals surface area contributed by atoms with Crippen molar-refractivity contribution in [1.82, 2.24) is 9.88 Å². The summed E-state index contributed by atoms with van der Waals surface area (Å²) in [4.78, 5) is 30.4. The number of likely N-dealkylation sites (N-methyl/N-ethyl adjacent to an activating group) is 1.